The van der Waals surface area contributed by atoms with Gasteiger partial charge in [0.2, 0.25) is 20.0 Å². The first kappa shape index (κ1) is 114. The molecule has 1 fully saturated rings. The number of pyridine rings is 6. The van der Waals surface area contributed by atoms with Crippen LogP contribution in [0.5, 0.6) is 0 Å². The second-order valence-corrected chi connectivity index (χ2v) is 39.0. The Morgan fingerprint density at radius 2 is 0.610 bits per heavy atom. The Balaban J connectivity index is 0.000000195. The summed E-state index contributed by atoms with van der Waals surface area (Å²) in [5, 5.41) is 33.3. The van der Waals surface area contributed by atoms with Crippen molar-refractivity contribution < 1.29 is 87.2 Å². The Bertz CT molecular complexity index is 7090. The highest BCUT2D eigenvalue weighted by molar-refractivity contribution is 7.92. The van der Waals surface area contributed by atoms with Crippen molar-refractivity contribution in [2.24, 2.45) is 5.14 Å². The lowest BCUT2D eigenvalue weighted by molar-refractivity contribution is -0.132. The molecule has 14 rings (SSSR count). The van der Waals surface area contributed by atoms with Crippen molar-refractivity contribution in [3.05, 3.63) is 353 Å². The molecule has 0 radical (unpaired) electrons. The summed E-state index contributed by atoms with van der Waals surface area (Å²) < 4.78 is 138. The van der Waals surface area contributed by atoms with Crippen molar-refractivity contribution in [2.45, 2.75) is 98.8 Å². The number of piperidine rings is 1. The van der Waals surface area contributed by atoms with E-state index in [0.717, 1.165) is 145 Å². The number of anilines is 7. The summed E-state index contributed by atoms with van der Waals surface area (Å²) in [6.07, 6.45) is 15.1. The van der Waals surface area contributed by atoms with Crippen LogP contribution in [0.15, 0.2) is 284 Å². The molecule has 764 valence electrons. The van der Waals surface area contributed by atoms with Gasteiger partial charge in [-0.2, -0.15) is 0 Å². The fourth-order valence-electron chi connectivity index (χ4n) is 13.9. The maximum atomic E-state index is 13.3. The Morgan fingerprint density at radius 3 is 0.884 bits per heavy atom. The highest BCUT2D eigenvalue weighted by Crippen LogP contribution is 2.41. The summed E-state index contributed by atoms with van der Waals surface area (Å²) >= 11 is 0. The van der Waals surface area contributed by atoms with Gasteiger partial charge in [0.25, 0.3) is 0 Å². The van der Waals surface area contributed by atoms with Crippen LogP contribution >= 0.6 is 7.60 Å². The number of hydrogen-bond acceptors (Lipinski definition) is 20. The minimum atomic E-state index is -4.24. The van der Waals surface area contributed by atoms with Crippen molar-refractivity contribution in [1.29, 1.82) is 0 Å². The Kier molecular flexibility index (Phi) is 42.1. The number of hydrogen-bond donors (Lipinski definition) is 7. The van der Waals surface area contributed by atoms with Crippen LogP contribution in [0.25, 0.3) is 103 Å². The predicted octanol–water partition coefficient (Wildman–Crippen LogP) is 22.7. The van der Waals surface area contributed by atoms with E-state index in [4.69, 9.17) is 30.2 Å². The van der Waals surface area contributed by atoms with Crippen molar-refractivity contribution in [2.75, 3.05) is 84.8 Å². The fraction of sp³-hybridized carbons (Fsp3) is 0.209. The SMILES string of the molecule is CC(C)N(C)c1nc(/C=C/C(=O)O)ccc1-c1ccc(F)cc1.CC(C)N(C)c1nc(/C=C/P(=O)(O)O)ccc1-c1ccc(F)cc1.CC(C)N(C)c1nc(/C=C/S(N)(=O)=O)ccc1-c1ccc(F)cc1.CN(c1ccccc1)c1nc(/C=C/C(=O)O)ccc1-c1ccc(F)cc1.CNS(=O)(=O)/C=C/c1ccc(-c2ccc(F)cc2)c(N(C)C(C)C)n1.O=C(O)/C=C/c1ccc(-c2ccc(F)cc2)c(N2CCCCC2)n1. The van der Waals surface area contributed by atoms with Crippen LogP contribution in [-0.2, 0) is 39.0 Å². The lowest BCUT2D eigenvalue weighted by Gasteiger charge is -2.29. The second-order valence-electron chi connectivity index (χ2n) is 34.3. The van der Waals surface area contributed by atoms with Crippen LogP contribution < -0.4 is 39.3 Å². The summed E-state index contributed by atoms with van der Waals surface area (Å²) in [6, 6.07) is 69.2. The van der Waals surface area contributed by atoms with Gasteiger partial charge in [0.1, 0.15) is 69.8 Å². The number of rotatable bonds is 30. The zero-order chi connectivity index (χ0) is 107. The first-order valence-electron chi connectivity index (χ1n) is 46.0. The number of nitrogens with zero attached hydrogens (tertiary/aromatic N) is 12. The summed E-state index contributed by atoms with van der Waals surface area (Å²) in [5.41, 5.74) is 14.2. The van der Waals surface area contributed by atoms with Crippen molar-refractivity contribution in [1.82, 2.24) is 34.6 Å². The molecule has 146 heavy (non-hydrogen) atoms. The zero-order valence-corrected chi connectivity index (χ0v) is 85.4. The molecule has 0 saturated carbocycles. The number of halogens is 6. The van der Waals surface area contributed by atoms with Gasteiger partial charge >= 0.3 is 25.5 Å². The number of primary sulfonamides is 1. The molecule has 0 spiro atoms. The number of nitrogens with two attached hydrogens (primary N) is 1. The highest BCUT2D eigenvalue weighted by atomic mass is 32.2. The fourth-order valence-corrected chi connectivity index (χ4v) is 15.1. The maximum absolute atomic E-state index is 13.3. The summed E-state index contributed by atoms with van der Waals surface area (Å²) in [7, 11) is -0.563. The molecule has 1 aliphatic heterocycles. The predicted molar refractivity (Wildman–Crippen MR) is 573 cm³/mol. The highest BCUT2D eigenvalue weighted by Gasteiger charge is 2.24. The van der Waals surface area contributed by atoms with E-state index in [0.29, 0.717) is 57.4 Å². The Morgan fingerprint density at radius 1 is 0.356 bits per heavy atom. The van der Waals surface area contributed by atoms with E-state index in [-0.39, 0.29) is 59.1 Å². The normalized spacial score (nSPS) is 12.2. The topological polar surface area (TPSA) is 373 Å². The molecule has 7 heterocycles. The Labute approximate surface area is 847 Å². The average Bonchev–Trinajstić information content (AvgIpc) is 0.838. The van der Waals surface area contributed by atoms with Crippen molar-refractivity contribution in [3.63, 3.8) is 0 Å². The first-order valence-corrected chi connectivity index (χ1v) is 50.8. The summed E-state index contributed by atoms with van der Waals surface area (Å²) in [4.78, 5) is 89.5. The van der Waals surface area contributed by atoms with Crippen molar-refractivity contribution in [3.8, 4) is 66.8 Å². The molecule has 36 heteroatoms. The zero-order valence-electron chi connectivity index (χ0n) is 82.9. The molecular weight excluding hydrogens is 1930 g/mol. The van der Waals surface area contributed by atoms with E-state index >= 15 is 0 Å². The monoisotopic (exact) mass is 2050 g/mol. The van der Waals surface area contributed by atoms with E-state index in [1.54, 1.807) is 109 Å². The van der Waals surface area contributed by atoms with Gasteiger partial charge in [0.15, 0.2) is 0 Å². The van der Waals surface area contributed by atoms with Crippen LogP contribution in [-0.4, -0.2) is 169 Å². The van der Waals surface area contributed by atoms with Crippen LogP contribution in [0.1, 0.15) is 109 Å². The van der Waals surface area contributed by atoms with Gasteiger partial charge < -0.3 is 54.5 Å². The van der Waals surface area contributed by atoms with E-state index < -0.39 is 45.6 Å². The Hall–Kier alpha value is -15.4. The standard InChI is InChI=1S/C21H17FN2O2.C19H19FN2O2.C18H22FN3O2S.C18H19FN2O2.C17H20FN3O2S.C17H20FN2O3P/c1-24(18-5-3-2-4-6-18)21-19(15-7-9-16(22)10-8-15)13-11-17(23-21)12-14-20(25)26;20-15-6-4-14(5-7-15)17-10-8-16(9-11-18(23)24)21-19(17)22-12-2-1-3-13-22;1-13(2)22(4)18-17(14-5-7-15(19)8-6-14)10-9-16(21-18)11-12-25(23,24)20-3;1-12(2)21(3)18-16(13-4-6-14(19)7-5-13)10-8-15(20-18)9-11-17(22)23;1-12(2)21(3)17-16(13-4-6-14(18)7-5-13)9-8-15(20-17)10-11-24(19,22)23;1-12(2)20(3)17-16(13-4-6-14(18)7-5-13)9-8-15(19-17)10-11-24(21,22)23/h2-14H,1H3,(H,25,26);4-11H,1-3,12-13H2,(H,23,24);5-13,20H,1-4H3;4-12H,1-3H3,(H,22,23);4-12H,1-3H3,(H2,19,22,23);4-12H,1-3H3,(H2,21,22,23)/b14-12+;11-9+;12-11+;11-9+;2*11-10+. The van der Waals surface area contributed by atoms with Gasteiger partial charge in [-0.3, -0.25) is 4.57 Å². The van der Waals surface area contributed by atoms with Crippen LogP contribution in [0.2, 0.25) is 0 Å². The molecule has 8 N–H and O–H groups in total. The number of benzene rings is 7. The molecule has 0 atom stereocenters. The number of carboxylic acids is 3. The summed E-state index contributed by atoms with van der Waals surface area (Å²) in [6.45, 7) is 18.0. The van der Waals surface area contributed by atoms with Gasteiger partial charge in [-0.15, -0.1) is 0 Å². The van der Waals surface area contributed by atoms with Gasteiger partial charge in [-0.1, -0.05) is 91.0 Å². The number of aliphatic carboxylic acids is 3. The summed E-state index contributed by atoms with van der Waals surface area (Å²) in [5.74, 6) is 0.212. The lowest BCUT2D eigenvalue weighted by atomic mass is 10.0. The van der Waals surface area contributed by atoms with E-state index in [1.807, 2.05) is 182 Å². The third-order valence-electron chi connectivity index (χ3n) is 22.6. The van der Waals surface area contributed by atoms with E-state index in [9.17, 15) is 62.1 Å². The number of sulfonamides is 2. The van der Waals surface area contributed by atoms with Gasteiger partial charge in [0, 0.05) is 146 Å². The quantitative estimate of drug-likeness (QED) is 0.0125. The molecule has 0 bridgehead atoms. The van der Waals surface area contributed by atoms with Gasteiger partial charge in [-0.25, -0.2) is 97.3 Å². The van der Waals surface area contributed by atoms with Crippen LogP contribution in [0.4, 0.5) is 66.9 Å². The van der Waals surface area contributed by atoms with E-state index in [1.165, 1.54) is 123 Å². The third kappa shape index (κ3) is 35.6. The molecule has 1 saturated heterocycles. The van der Waals surface area contributed by atoms with Crippen molar-refractivity contribution >= 4 is 123 Å². The largest absolute Gasteiger partial charge is 0.478 e. The minimum Gasteiger partial charge on any atom is -0.478 e. The lowest BCUT2D eigenvalue weighted by Crippen LogP contribution is -2.30. The van der Waals surface area contributed by atoms with E-state index in [2.05, 4.69) is 39.5 Å². The molecular formula is C110H117F6N14O13PS2. The average molecular weight is 2050 g/mol. The number of para-hydroxylation sites is 1. The molecule has 13 aromatic rings. The molecule has 27 nitrogen and oxygen atoms in total. The van der Waals surface area contributed by atoms with Crippen LogP contribution in [0, 0.1) is 34.9 Å². The number of carboxylic acid groups (broad SMARTS) is 3. The minimum absolute atomic E-state index is 0.165. The van der Waals surface area contributed by atoms with Crippen LogP contribution in [0.3, 0.4) is 0 Å². The van der Waals surface area contributed by atoms with Gasteiger partial charge in [0.05, 0.1) is 34.2 Å². The smallest absolute Gasteiger partial charge is 0.349 e. The number of aromatic nitrogens is 6. The number of nitrogens with one attached hydrogen (secondary N) is 1. The maximum Gasteiger partial charge on any atom is 0.349 e. The molecule has 1 aliphatic rings. The third-order valence-corrected chi connectivity index (χ3v) is 24.7. The molecule has 7 aromatic carbocycles. The molecule has 0 amide bonds. The molecule has 6 aromatic heterocycles. The molecule has 0 unspecified atom stereocenters. The number of carbonyl (C=O) groups is 3. The van der Waals surface area contributed by atoms with Gasteiger partial charge in [-0.05, 0) is 309 Å². The molecule has 0 aliphatic carbocycles. The first-order chi connectivity index (χ1) is 69.1. The second kappa shape index (κ2) is 53.8.